The predicted molar refractivity (Wildman–Crippen MR) is 224 cm³/mol. The van der Waals surface area contributed by atoms with E-state index in [0.717, 1.165) is 77.0 Å². The highest BCUT2D eigenvalue weighted by atomic mass is 16.6. The molecule has 6 heteroatoms. The van der Waals surface area contributed by atoms with E-state index in [2.05, 4.69) is 75.5 Å². The van der Waals surface area contributed by atoms with Gasteiger partial charge in [-0.3, -0.25) is 14.4 Å². The molecule has 0 rings (SSSR count). The molecular formula is C47H74O6. The second-order valence-electron chi connectivity index (χ2n) is 13.2. The second kappa shape index (κ2) is 41.1. The molecule has 0 heterocycles. The fourth-order valence-electron chi connectivity index (χ4n) is 5.07. The first-order valence-corrected chi connectivity index (χ1v) is 20.8. The summed E-state index contributed by atoms with van der Waals surface area (Å²) >= 11 is 0. The van der Waals surface area contributed by atoms with Gasteiger partial charge in [0.15, 0.2) is 6.10 Å². The smallest absolute Gasteiger partial charge is 0.306 e. The van der Waals surface area contributed by atoms with Crippen molar-refractivity contribution < 1.29 is 28.6 Å². The maximum Gasteiger partial charge on any atom is 0.306 e. The summed E-state index contributed by atoms with van der Waals surface area (Å²) in [6.45, 7) is 6.20. The van der Waals surface area contributed by atoms with Crippen molar-refractivity contribution in [1.29, 1.82) is 0 Å². The Kier molecular flexibility index (Phi) is 38.2. The Labute approximate surface area is 324 Å². The first kappa shape index (κ1) is 49.3. The van der Waals surface area contributed by atoms with Crippen LogP contribution in [0.15, 0.2) is 97.2 Å². The zero-order valence-electron chi connectivity index (χ0n) is 33.7. The van der Waals surface area contributed by atoms with E-state index in [1.807, 2.05) is 42.5 Å². The van der Waals surface area contributed by atoms with Crippen molar-refractivity contribution in [1.82, 2.24) is 0 Å². The third-order valence-electron chi connectivity index (χ3n) is 8.16. The molecule has 6 nitrogen and oxygen atoms in total. The van der Waals surface area contributed by atoms with Gasteiger partial charge in [-0.2, -0.15) is 0 Å². The van der Waals surface area contributed by atoms with Crippen LogP contribution in [0.5, 0.6) is 0 Å². The molecule has 0 aliphatic heterocycles. The molecule has 53 heavy (non-hydrogen) atoms. The third kappa shape index (κ3) is 39.4. The molecule has 0 bridgehead atoms. The normalized spacial score (nSPS) is 13.0. The van der Waals surface area contributed by atoms with Crippen molar-refractivity contribution >= 4 is 17.9 Å². The molecule has 1 unspecified atom stereocenters. The van der Waals surface area contributed by atoms with Crippen molar-refractivity contribution in [2.45, 2.75) is 168 Å². The summed E-state index contributed by atoms with van der Waals surface area (Å²) in [4.78, 5) is 37.5. The number of allylic oxidation sites excluding steroid dienone is 16. The van der Waals surface area contributed by atoms with Gasteiger partial charge in [0.05, 0.1) is 0 Å². The van der Waals surface area contributed by atoms with Gasteiger partial charge < -0.3 is 14.2 Å². The van der Waals surface area contributed by atoms with E-state index >= 15 is 0 Å². The monoisotopic (exact) mass is 735 g/mol. The fourth-order valence-corrected chi connectivity index (χ4v) is 5.07. The Morgan fingerprint density at radius 3 is 1.47 bits per heavy atom. The molecule has 0 fully saturated rings. The minimum atomic E-state index is -0.834. The van der Waals surface area contributed by atoms with Crippen LogP contribution in [-0.2, 0) is 28.6 Å². The van der Waals surface area contributed by atoms with Crippen LogP contribution in [0.4, 0.5) is 0 Å². The predicted octanol–water partition coefficient (Wildman–Crippen LogP) is 13.1. The van der Waals surface area contributed by atoms with Gasteiger partial charge in [-0.1, -0.05) is 157 Å². The lowest BCUT2D eigenvalue weighted by molar-refractivity contribution is -0.166. The van der Waals surface area contributed by atoms with Gasteiger partial charge in [-0.15, -0.1) is 0 Å². The Bertz CT molecular complexity index is 1120. The molecule has 0 amide bonds. The van der Waals surface area contributed by atoms with Gasteiger partial charge in [0.25, 0.3) is 0 Å². The van der Waals surface area contributed by atoms with Crippen LogP contribution in [0.1, 0.15) is 162 Å². The van der Waals surface area contributed by atoms with Crippen LogP contribution in [0, 0.1) is 0 Å². The number of hydrogen-bond donors (Lipinski definition) is 0. The van der Waals surface area contributed by atoms with Crippen molar-refractivity contribution in [2.75, 3.05) is 13.2 Å². The molecule has 0 radical (unpaired) electrons. The number of unbranched alkanes of at least 4 members (excludes halogenated alkanes) is 11. The summed E-state index contributed by atoms with van der Waals surface area (Å²) in [5.74, 6) is -1.09. The highest BCUT2D eigenvalue weighted by Gasteiger charge is 2.19. The molecule has 0 spiro atoms. The van der Waals surface area contributed by atoms with E-state index in [9.17, 15) is 14.4 Å². The van der Waals surface area contributed by atoms with Crippen LogP contribution in [0.2, 0.25) is 0 Å². The standard InChI is InChI=1S/C47H74O6/c1-4-7-10-13-16-19-21-23-25-28-31-34-37-40-46(49)52-43-44(42-51-45(48)39-36-33-30-27-18-15-12-9-6-3)53-47(50)41-38-35-32-29-26-24-22-20-17-14-11-8-5-2/h7,9-10,12-13,16,18-19,21,23-27,32,35,44H,4-6,8,11,14-15,17,20,22,28-31,33-34,36-43H2,1-3H3/b10-7-,12-9-,16-13-,21-19-,25-23-,26-24-,27-18-,35-32-. The zero-order chi connectivity index (χ0) is 38.7. The van der Waals surface area contributed by atoms with Crippen LogP contribution in [-0.4, -0.2) is 37.2 Å². The summed E-state index contributed by atoms with van der Waals surface area (Å²) in [6.07, 6.45) is 52.7. The number of hydrogen-bond acceptors (Lipinski definition) is 6. The average molecular weight is 735 g/mol. The van der Waals surface area contributed by atoms with Crippen LogP contribution < -0.4 is 0 Å². The Morgan fingerprint density at radius 2 is 0.868 bits per heavy atom. The molecule has 0 aliphatic carbocycles. The van der Waals surface area contributed by atoms with Crippen molar-refractivity contribution in [3.63, 3.8) is 0 Å². The lowest BCUT2D eigenvalue weighted by Gasteiger charge is -2.18. The van der Waals surface area contributed by atoms with E-state index in [4.69, 9.17) is 14.2 Å². The largest absolute Gasteiger partial charge is 0.462 e. The lowest BCUT2D eigenvalue weighted by atomic mass is 10.1. The van der Waals surface area contributed by atoms with Gasteiger partial charge in [0.2, 0.25) is 0 Å². The highest BCUT2D eigenvalue weighted by Crippen LogP contribution is 2.10. The van der Waals surface area contributed by atoms with Gasteiger partial charge in [0.1, 0.15) is 13.2 Å². The Balaban J connectivity index is 4.58. The van der Waals surface area contributed by atoms with Crippen molar-refractivity contribution in [2.24, 2.45) is 0 Å². The minimum Gasteiger partial charge on any atom is -0.462 e. The summed E-state index contributed by atoms with van der Waals surface area (Å²) in [6, 6.07) is 0. The quantitative estimate of drug-likeness (QED) is 0.0212. The van der Waals surface area contributed by atoms with E-state index in [-0.39, 0.29) is 31.6 Å². The second-order valence-corrected chi connectivity index (χ2v) is 13.2. The number of carbonyl (C=O) groups excluding carboxylic acids is 3. The molecule has 298 valence electrons. The van der Waals surface area contributed by atoms with E-state index in [1.54, 1.807) is 0 Å². The molecular weight excluding hydrogens is 661 g/mol. The van der Waals surface area contributed by atoms with Gasteiger partial charge in [0, 0.05) is 19.3 Å². The molecule has 0 N–H and O–H groups in total. The third-order valence-corrected chi connectivity index (χ3v) is 8.16. The molecule has 0 aromatic rings. The topological polar surface area (TPSA) is 78.9 Å². The summed E-state index contributed by atoms with van der Waals surface area (Å²) in [7, 11) is 0. The molecule has 0 saturated heterocycles. The maximum atomic E-state index is 12.6. The van der Waals surface area contributed by atoms with E-state index < -0.39 is 12.1 Å². The van der Waals surface area contributed by atoms with Gasteiger partial charge >= 0.3 is 17.9 Å². The van der Waals surface area contributed by atoms with Crippen LogP contribution in [0.25, 0.3) is 0 Å². The SMILES string of the molecule is CC\C=C/C=C\C=C/C=C\CCCCCC(=O)OCC(COC(=O)CCCC/C=C\C/C=C\CC)OC(=O)CC/C=C\C/C=C\CCCCCCCC. The minimum absolute atomic E-state index is 0.132. The summed E-state index contributed by atoms with van der Waals surface area (Å²) < 4.78 is 16.5. The lowest BCUT2D eigenvalue weighted by Crippen LogP contribution is -2.30. The maximum absolute atomic E-state index is 12.6. The number of ether oxygens (including phenoxy) is 3. The first-order chi connectivity index (χ1) is 26.0. The van der Waals surface area contributed by atoms with E-state index in [0.29, 0.717) is 19.3 Å². The van der Waals surface area contributed by atoms with Crippen molar-refractivity contribution in [3.05, 3.63) is 97.2 Å². The molecule has 1 atom stereocenters. The fraction of sp³-hybridized carbons (Fsp3) is 0.596. The summed E-state index contributed by atoms with van der Waals surface area (Å²) in [5.41, 5.74) is 0. The molecule has 0 saturated carbocycles. The molecule has 0 aromatic carbocycles. The van der Waals surface area contributed by atoms with E-state index in [1.165, 1.54) is 38.5 Å². The zero-order valence-corrected chi connectivity index (χ0v) is 33.7. The van der Waals surface area contributed by atoms with Gasteiger partial charge in [-0.25, -0.2) is 0 Å². The highest BCUT2D eigenvalue weighted by molar-refractivity contribution is 5.71. The number of rotatable bonds is 35. The van der Waals surface area contributed by atoms with Crippen LogP contribution >= 0.6 is 0 Å². The summed E-state index contributed by atoms with van der Waals surface area (Å²) in [5, 5.41) is 0. The van der Waals surface area contributed by atoms with Gasteiger partial charge in [-0.05, 0) is 83.5 Å². The van der Waals surface area contributed by atoms with Crippen molar-refractivity contribution in [3.8, 4) is 0 Å². The molecule has 0 aliphatic rings. The Hall–Kier alpha value is -3.67. The average Bonchev–Trinajstić information content (AvgIpc) is 3.15. The van der Waals surface area contributed by atoms with Crippen LogP contribution in [0.3, 0.4) is 0 Å². The molecule has 0 aromatic heterocycles. The Morgan fingerprint density at radius 1 is 0.415 bits per heavy atom. The first-order valence-electron chi connectivity index (χ1n) is 20.8. The number of esters is 3. The number of carbonyl (C=O) groups is 3.